The van der Waals surface area contributed by atoms with Crippen molar-refractivity contribution in [3.05, 3.63) is 45.9 Å². The van der Waals surface area contributed by atoms with Gasteiger partial charge >= 0.3 is 12.0 Å². The molecule has 1 heterocycles. The van der Waals surface area contributed by atoms with Gasteiger partial charge in [-0.2, -0.15) is 0 Å². The van der Waals surface area contributed by atoms with Crippen molar-refractivity contribution < 1.29 is 23.9 Å². The predicted molar refractivity (Wildman–Crippen MR) is 102 cm³/mol. The molecule has 1 saturated carbocycles. The molecule has 0 saturated heterocycles. The Morgan fingerprint density at radius 2 is 1.96 bits per heavy atom. The maximum absolute atomic E-state index is 12.2. The van der Waals surface area contributed by atoms with Crippen molar-refractivity contribution in [3.63, 3.8) is 0 Å². The van der Waals surface area contributed by atoms with E-state index in [1.807, 2.05) is 12.3 Å². The zero-order valence-corrected chi connectivity index (χ0v) is 16.4. The van der Waals surface area contributed by atoms with Crippen LogP contribution in [0.3, 0.4) is 0 Å². The number of hydrogen-bond acceptors (Lipinski definition) is 7. The number of thiazole rings is 1. The Balaban J connectivity index is 1.46. The van der Waals surface area contributed by atoms with Crippen molar-refractivity contribution in [2.75, 3.05) is 0 Å². The Morgan fingerprint density at radius 1 is 1.25 bits per heavy atom. The molecule has 1 aromatic carbocycles. The summed E-state index contributed by atoms with van der Waals surface area (Å²) in [5.41, 5.74) is 1.12. The Bertz CT molecular complexity index is 861. The molecule has 2 aromatic rings. The minimum Gasteiger partial charge on any atom is -0.487 e. The van der Waals surface area contributed by atoms with Crippen molar-refractivity contribution in [1.82, 2.24) is 15.6 Å². The molecule has 1 fully saturated rings. The van der Waals surface area contributed by atoms with Crippen LogP contribution in [0, 0.1) is 6.92 Å². The van der Waals surface area contributed by atoms with Crippen molar-refractivity contribution in [2.45, 2.75) is 45.4 Å². The number of aromatic nitrogens is 1. The standard InChI is InChI=1S/C19H21N3O5S/c1-11(17(23)22-19(25)21-14-5-6-14)27-18(24)13-3-7-16(8-4-13)26-9-15-10-28-12(2)20-15/h3-4,7-8,10-11,14H,5-6,9H2,1-2H3,(H2,21,22,23,25). The van der Waals surface area contributed by atoms with E-state index in [4.69, 9.17) is 9.47 Å². The number of rotatable bonds is 7. The minimum atomic E-state index is -1.10. The Morgan fingerprint density at radius 3 is 2.57 bits per heavy atom. The van der Waals surface area contributed by atoms with Crippen molar-refractivity contribution in [3.8, 4) is 5.75 Å². The Labute approximate surface area is 166 Å². The molecule has 1 aliphatic carbocycles. The van der Waals surface area contributed by atoms with Crippen LogP contribution in [-0.2, 0) is 16.1 Å². The van der Waals surface area contributed by atoms with E-state index < -0.39 is 24.0 Å². The zero-order chi connectivity index (χ0) is 20.1. The third kappa shape index (κ3) is 5.78. The van der Waals surface area contributed by atoms with E-state index in [9.17, 15) is 14.4 Å². The lowest BCUT2D eigenvalue weighted by atomic mass is 10.2. The number of aryl methyl sites for hydroxylation is 1. The molecule has 1 unspecified atom stereocenters. The van der Waals surface area contributed by atoms with Gasteiger partial charge in [0.05, 0.1) is 16.3 Å². The molecule has 0 radical (unpaired) electrons. The van der Waals surface area contributed by atoms with Crippen molar-refractivity contribution in [1.29, 1.82) is 0 Å². The van der Waals surface area contributed by atoms with Crippen LogP contribution in [0.2, 0.25) is 0 Å². The molecule has 9 heteroatoms. The SMILES string of the molecule is Cc1nc(COc2ccc(C(=O)OC(C)C(=O)NC(=O)NC3CC3)cc2)cs1. The van der Waals surface area contributed by atoms with Gasteiger partial charge in [-0.3, -0.25) is 10.1 Å². The van der Waals surface area contributed by atoms with E-state index in [1.165, 1.54) is 6.92 Å². The van der Waals surface area contributed by atoms with Crippen molar-refractivity contribution >= 4 is 29.2 Å². The van der Waals surface area contributed by atoms with E-state index in [0.29, 0.717) is 12.4 Å². The Kier molecular flexibility index (Phi) is 6.25. The third-order valence-corrected chi connectivity index (χ3v) is 4.77. The summed E-state index contributed by atoms with van der Waals surface area (Å²) in [6.07, 6.45) is 0.728. The number of esters is 1. The second-order valence-corrected chi connectivity index (χ2v) is 7.52. The number of urea groups is 1. The fourth-order valence-corrected chi connectivity index (χ4v) is 2.86. The number of hydrogen-bond donors (Lipinski definition) is 2. The molecule has 1 atom stereocenters. The molecule has 148 valence electrons. The first-order chi connectivity index (χ1) is 13.4. The first kappa shape index (κ1) is 19.8. The maximum atomic E-state index is 12.2. The van der Waals surface area contributed by atoms with E-state index in [-0.39, 0.29) is 11.6 Å². The van der Waals surface area contributed by atoms with Crippen LogP contribution in [0.4, 0.5) is 4.79 Å². The first-order valence-corrected chi connectivity index (χ1v) is 9.75. The molecule has 3 rings (SSSR count). The fraction of sp³-hybridized carbons (Fsp3) is 0.368. The highest BCUT2D eigenvalue weighted by Gasteiger charge is 2.26. The topological polar surface area (TPSA) is 107 Å². The molecule has 2 N–H and O–H groups in total. The second-order valence-electron chi connectivity index (χ2n) is 6.46. The minimum absolute atomic E-state index is 0.130. The van der Waals surface area contributed by atoms with Gasteiger partial charge in [0.2, 0.25) is 0 Å². The van der Waals surface area contributed by atoms with Crippen LogP contribution in [0.25, 0.3) is 0 Å². The van der Waals surface area contributed by atoms with Gasteiger partial charge in [-0.05, 0) is 51.0 Å². The van der Waals surface area contributed by atoms with Crippen molar-refractivity contribution in [2.24, 2.45) is 0 Å². The summed E-state index contributed by atoms with van der Waals surface area (Å²) in [5.74, 6) is -0.748. The third-order valence-electron chi connectivity index (χ3n) is 3.95. The monoisotopic (exact) mass is 403 g/mol. The van der Waals surface area contributed by atoms with Gasteiger partial charge in [-0.1, -0.05) is 0 Å². The van der Waals surface area contributed by atoms with Gasteiger partial charge in [0, 0.05) is 11.4 Å². The summed E-state index contributed by atoms with van der Waals surface area (Å²) in [6.45, 7) is 3.68. The smallest absolute Gasteiger partial charge is 0.338 e. The normalized spacial score (nSPS) is 14.1. The molecule has 8 nitrogen and oxygen atoms in total. The molecule has 0 bridgehead atoms. The molecule has 28 heavy (non-hydrogen) atoms. The fourth-order valence-electron chi connectivity index (χ4n) is 2.26. The molecule has 0 aliphatic heterocycles. The first-order valence-electron chi connectivity index (χ1n) is 8.87. The maximum Gasteiger partial charge on any atom is 0.338 e. The van der Waals surface area contributed by atoms with E-state index in [1.54, 1.807) is 35.6 Å². The average Bonchev–Trinajstić information content (AvgIpc) is 3.38. The molecular formula is C19H21N3O5S. The summed E-state index contributed by atoms with van der Waals surface area (Å²) >= 11 is 1.55. The lowest BCUT2D eigenvalue weighted by molar-refractivity contribution is -0.127. The van der Waals surface area contributed by atoms with E-state index in [0.717, 1.165) is 23.5 Å². The van der Waals surface area contributed by atoms with E-state index in [2.05, 4.69) is 15.6 Å². The van der Waals surface area contributed by atoms with Crippen LogP contribution < -0.4 is 15.4 Å². The van der Waals surface area contributed by atoms with Gasteiger partial charge in [0.1, 0.15) is 12.4 Å². The number of amides is 3. The highest BCUT2D eigenvalue weighted by molar-refractivity contribution is 7.09. The number of imide groups is 1. The summed E-state index contributed by atoms with van der Waals surface area (Å²) in [6, 6.07) is 5.94. The summed E-state index contributed by atoms with van der Waals surface area (Å²) in [5, 5.41) is 7.69. The van der Waals surface area contributed by atoms with Gasteiger partial charge < -0.3 is 14.8 Å². The average molecular weight is 403 g/mol. The van der Waals surface area contributed by atoms with Crippen LogP contribution in [0.15, 0.2) is 29.6 Å². The highest BCUT2D eigenvalue weighted by Crippen LogP contribution is 2.18. The summed E-state index contributed by atoms with van der Waals surface area (Å²) in [4.78, 5) is 40.0. The Hall–Kier alpha value is -2.94. The lowest BCUT2D eigenvalue weighted by Crippen LogP contribution is -2.45. The largest absolute Gasteiger partial charge is 0.487 e. The molecule has 0 spiro atoms. The highest BCUT2D eigenvalue weighted by atomic mass is 32.1. The van der Waals surface area contributed by atoms with Gasteiger partial charge in [-0.15, -0.1) is 11.3 Å². The van der Waals surface area contributed by atoms with Crippen LogP contribution in [0.1, 0.15) is 40.8 Å². The molecule has 1 aliphatic rings. The number of carbonyl (C=O) groups is 3. The second kappa shape index (κ2) is 8.83. The quantitative estimate of drug-likeness (QED) is 0.688. The number of carbonyl (C=O) groups excluding carboxylic acids is 3. The number of ether oxygens (including phenoxy) is 2. The molecule has 3 amide bonds. The number of nitrogens with one attached hydrogen (secondary N) is 2. The van der Waals surface area contributed by atoms with Crippen LogP contribution in [-0.4, -0.2) is 35.0 Å². The molecular weight excluding hydrogens is 382 g/mol. The molecule has 1 aromatic heterocycles. The predicted octanol–water partition coefficient (Wildman–Crippen LogP) is 2.56. The number of nitrogens with zero attached hydrogens (tertiary/aromatic N) is 1. The van der Waals surface area contributed by atoms with Crippen LogP contribution >= 0.6 is 11.3 Å². The lowest BCUT2D eigenvalue weighted by Gasteiger charge is -2.13. The van der Waals surface area contributed by atoms with Gasteiger partial charge in [-0.25, -0.2) is 14.6 Å². The summed E-state index contributed by atoms with van der Waals surface area (Å²) in [7, 11) is 0. The van der Waals surface area contributed by atoms with E-state index >= 15 is 0 Å². The van der Waals surface area contributed by atoms with Crippen LogP contribution in [0.5, 0.6) is 5.75 Å². The van der Waals surface area contributed by atoms with Gasteiger partial charge in [0.25, 0.3) is 5.91 Å². The zero-order valence-electron chi connectivity index (χ0n) is 15.6. The number of benzene rings is 1. The summed E-state index contributed by atoms with van der Waals surface area (Å²) < 4.78 is 10.7. The van der Waals surface area contributed by atoms with Gasteiger partial charge in [0.15, 0.2) is 6.10 Å².